The van der Waals surface area contributed by atoms with Crippen LogP contribution < -0.4 is 5.32 Å². The van der Waals surface area contributed by atoms with Crippen LogP contribution in [-0.4, -0.2) is 31.1 Å². The Labute approximate surface area is 124 Å². The highest BCUT2D eigenvalue weighted by Gasteiger charge is 2.21. The Morgan fingerprint density at radius 1 is 1.30 bits per heavy atom. The Bertz CT molecular complexity index is 396. The Balaban J connectivity index is 2.02. The number of nitrogens with one attached hydrogen (secondary N) is 1. The zero-order chi connectivity index (χ0) is 14.4. The third-order valence-electron chi connectivity index (χ3n) is 4.53. The molecule has 1 aromatic carbocycles. The third kappa shape index (κ3) is 4.32. The quantitative estimate of drug-likeness (QED) is 0.849. The van der Waals surface area contributed by atoms with E-state index < -0.39 is 0 Å². The lowest BCUT2D eigenvalue weighted by atomic mass is 9.95. The molecular weight excluding hydrogens is 244 g/mol. The van der Waals surface area contributed by atoms with Gasteiger partial charge < -0.3 is 5.32 Å². The summed E-state index contributed by atoms with van der Waals surface area (Å²) in [5, 5.41) is 3.47. The van der Waals surface area contributed by atoms with Gasteiger partial charge in [-0.2, -0.15) is 0 Å². The molecule has 1 fully saturated rings. The summed E-state index contributed by atoms with van der Waals surface area (Å²) >= 11 is 0. The van der Waals surface area contributed by atoms with Crippen molar-refractivity contribution in [3.63, 3.8) is 0 Å². The van der Waals surface area contributed by atoms with E-state index in [1.807, 2.05) is 0 Å². The molecule has 0 aromatic heterocycles. The second kappa shape index (κ2) is 7.80. The van der Waals surface area contributed by atoms with Crippen LogP contribution >= 0.6 is 0 Å². The molecule has 0 saturated carbocycles. The number of nitrogens with zero attached hydrogens (tertiary/aromatic N) is 1. The van der Waals surface area contributed by atoms with Gasteiger partial charge in [-0.05, 0) is 64.2 Å². The largest absolute Gasteiger partial charge is 0.317 e. The molecule has 1 aliphatic heterocycles. The molecule has 0 aliphatic carbocycles. The van der Waals surface area contributed by atoms with Gasteiger partial charge in [-0.3, -0.25) is 4.90 Å². The second-order valence-electron chi connectivity index (χ2n) is 6.28. The summed E-state index contributed by atoms with van der Waals surface area (Å²) in [4.78, 5) is 2.69. The molecule has 0 spiro atoms. The van der Waals surface area contributed by atoms with E-state index in [0.717, 1.165) is 5.92 Å². The van der Waals surface area contributed by atoms with Crippen molar-refractivity contribution in [1.82, 2.24) is 10.2 Å². The van der Waals surface area contributed by atoms with Crippen molar-refractivity contribution in [2.24, 2.45) is 5.92 Å². The standard InChI is InChI=1S/C18H30N2/c1-4-12-20(14-17-8-10-19-11-9-17)16(3)18-7-5-6-15(2)13-18/h5-7,13,16-17,19H,4,8-12,14H2,1-3H3. The maximum Gasteiger partial charge on any atom is 0.0320 e. The van der Waals surface area contributed by atoms with Crippen LogP contribution in [0.25, 0.3) is 0 Å². The number of benzene rings is 1. The third-order valence-corrected chi connectivity index (χ3v) is 4.53. The maximum absolute atomic E-state index is 3.47. The van der Waals surface area contributed by atoms with Crippen LogP contribution in [0.15, 0.2) is 24.3 Å². The van der Waals surface area contributed by atoms with E-state index in [9.17, 15) is 0 Å². The van der Waals surface area contributed by atoms with Gasteiger partial charge in [0.2, 0.25) is 0 Å². The molecule has 1 saturated heterocycles. The van der Waals surface area contributed by atoms with Gasteiger partial charge in [0, 0.05) is 12.6 Å². The average molecular weight is 274 g/mol. The summed E-state index contributed by atoms with van der Waals surface area (Å²) < 4.78 is 0. The first-order chi connectivity index (χ1) is 9.70. The van der Waals surface area contributed by atoms with Crippen molar-refractivity contribution in [3.05, 3.63) is 35.4 Å². The van der Waals surface area contributed by atoms with E-state index in [-0.39, 0.29) is 0 Å². The summed E-state index contributed by atoms with van der Waals surface area (Å²) in [6.45, 7) is 11.7. The Kier molecular flexibility index (Phi) is 6.06. The van der Waals surface area contributed by atoms with Crippen LogP contribution in [0.3, 0.4) is 0 Å². The van der Waals surface area contributed by atoms with Crippen LogP contribution in [0, 0.1) is 12.8 Å². The highest BCUT2D eigenvalue weighted by Crippen LogP contribution is 2.24. The lowest BCUT2D eigenvalue weighted by Gasteiger charge is -2.34. The molecule has 112 valence electrons. The van der Waals surface area contributed by atoms with Gasteiger partial charge in [0.25, 0.3) is 0 Å². The molecule has 2 heteroatoms. The van der Waals surface area contributed by atoms with Crippen LogP contribution in [0.4, 0.5) is 0 Å². The molecule has 1 atom stereocenters. The van der Waals surface area contributed by atoms with E-state index in [2.05, 4.69) is 55.3 Å². The molecule has 0 radical (unpaired) electrons. The molecule has 1 heterocycles. The van der Waals surface area contributed by atoms with Gasteiger partial charge in [0.15, 0.2) is 0 Å². The second-order valence-corrected chi connectivity index (χ2v) is 6.28. The number of hydrogen-bond acceptors (Lipinski definition) is 2. The minimum absolute atomic E-state index is 0.532. The zero-order valence-electron chi connectivity index (χ0n) is 13.4. The lowest BCUT2D eigenvalue weighted by Crippen LogP contribution is -2.37. The van der Waals surface area contributed by atoms with Gasteiger partial charge in [0.05, 0.1) is 0 Å². The molecule has 0 amide bonds. The Morgan fingerprint density at radius 3 is 2.70 bits per heavy atom. The van der Waals surface area contributed by atoms with Gasteiger partial charge in [0.1, 0.15) is 0 Å². The summed E-state index contributed by atoms with van der Waals surface area (Å²) in [5.74, 6) is 0.870. The maximum atomic E-state index is 3.47. The van der Waals surface area contributed by atoms with Crippen LogP contribution in [0.2, 0.25) is 0 Å². The summed E-state index contributed by atoms with van der Waals surface area (Å²) in [7, 11) is 0. The first-order valence-electron chi connectivity index (χ1n) is 8.22. The van der Waals surface area contributed by atoms with Gasteiger partial charge in [-0.1, -0.05) is 36.8 Å². The normalized spacial score (nSPS) is 18.4. The molecule has 2 rings (SSSR count). The summed E-state index contributed by atoms with van der Waals surface area (Å²) in [5.41, 5.74) is 2.83. The predicted octanol–water partition coefficient (Wildman–Crippen LogP) is 3.77. The summed E-state index contributed by atoms with van der Waals surface area (Å²) in [6.07, 6.45) is 3.91. The van der Waals surface area contributed by atoms with Gasteiger partial charge >= 0.3 is 0 Å². The molecule has 0 bridgehead atoms. The smallest absolute Gasteiger partial charge is 0.0320 e. The first kappa shape index (κ1) is 15.5. The van der Waals surface area contributed by atoms with Crippen molar-refractivity contribution >= 4 is 0 Å². The molecule has 1 aliphatic rings. The van der Waals surface area contributed by atoms with Gasteiger partial charge in [-0.25, -0.2) is 0 Å². The predicted molar refractivity (Wildman–Crippen MR) is 87.1 cm³/mol. The fraction of sp³-hybridized carbons (Fsp3) is 0.667. The lowest BCUT2D eigenvalue weighted by molar-refractivity contribution is 0.161. The van der Waals surface area contributed by atoms with E-state index >= 15 is 0 Å². The average Bonchev–Trinajstić information content (AvgIpc) is 2.47. The Hall–Kier alpha value is -0.860. The van der Waals surface area contributed by atoms with Crippen molar-refractivity contribution in [2.75, 3.05) is 26.2 Å². The monoisotopic (exact) mass is 274 g/mol. The number of rotatable bonds is 6. The van der Waals surface area contributed by atoms with Crippen LogP contribution in [0.1, 0.15) is 50.3 Å². The zero-order valence-corrected chi connectivity index (χ0v) is 13.4. The fourth-order valence-electron chi connectivity index (χ4n) is 3.27. The van der Waals surface area contributed by atoms with E-state index in [1.165, 1.54) is 56.6 Å². The highest BCUT2D eigenvalue weighted by atomic mass is 15.2. The Morgan fingerprint density at radius 2 is 2.05 bits per heavy atom. The minimum Gasteiger partial charge on any atom is -0.317 e. The van der Waals surface area contributed by atoms with Crippen LogP contribution in [0.5, 0.6) is 0 Å². The summed E-state index contributed by atoms with van der Waals surface area (Å²) in [6, 6.07) is 9.53. The van der Waals surface area contributed by atoms with E-state index in [4.69, 9.17) is 0 Å². The first-order valence-corrected chi connectivity index (χ1v) is 8.22. The topological polar surface area (TPSA) is 15.3 Å². The van der Waals surface area contributed by atoms with Crippen molar-refractivity contribution < 1.29 is 0 Å². The molecular formula is C18H30N2. The number of piperidine rings is 1. The van der Waals surface area contributed by atoms with Gasteiger partial charge in [-0.15, -0.1) is 0 Å². The minimum atomic E-state index is 0.532. The fourth-order valence-corrected chi connectivity index (χ4v) is 3.27. The van der Waals surface area contributed by atoms with Crippen LogP contribution in [-0.2, 0) is 0 Å². The molecule has 2 nitrogen and oxygen atoms in total. The van der Waals surface area contributed by atoms with Crippen molar-refractivity contribution in [2.45, 2.75) is 46.1 Å². The SMILES string of the molecule is CCCN(CC1CCNCC1)C(C)c1cccc(C)c1. The highest BCUT2D eigenvalue weighted by molar-refractivity contribution is 5.24. The van der Waals surface area contributed by atoms with E-state index in [1.54, 1.807) is 0 Å². The van der Waals surface area contributed by atoms with Crippen molar-refractivity contribution in [3.8, 4) is 0 Å². The molecule has 1 aromatic rings. The van der Waals surface area contributed by atoms with E-state index in [0.29, 0.717) is 6.04 Å². The molecule has 20 heavy (non-hydrogen) atoms. The molecule has 1 unspecified atom stereocenters. The molecule has 1 N–H and O–H groups in total. The number of hydrogen-bond donors (Lipinski definition) is 1. The van der Waals surface area contributed by atoms with Crippen molar-refractivity contribution in [1.29, 1.82) is 0 Å². The number of aryl methyl sites for hydroxylation is 1.